The van der Waals surface area contributed by atoms with Crippen molar-refractivity contribution in [1.82, 2.24) is 0 Å². The van der Waals surface area contributed by atoms with Gasteiger partial charge in [0, 0.05) is 5.69 Å². The number of anilines is 1. The van der Waals surface area contributed by atoms with Crippen LogP contribution >= 0.6 is 0 Å². The molecule has 1 amide bonds. The summed E-state index contributed by atoms with van der Waals surface area (Å²) in [5.41, 5.74) is 4.23. The molecule has 0 bridgehead atoms. The van der Waals surface area contributed by atoms with Gasteiger partial charge < -0.3 is 10.1 Å². The molecule has 0 aliphatic rings. The van der Waals surface area contributed by atoms with Crippen LogP contribution in [0.2, 0.25) is 0 Å². The van der Waals surface area contributed by atoms with Crippen molar-refractivity contribution < 1.29 is 9.53 Å². The van der Waals surface area contributed by atoms with Crippen LogP contribution in [0.4, 0.5) is 5.69 Å². The number of rotatable bonds is 5. The van der Waals surface area contributed by atoms with E-state index in [0.717, 1.165) is 22.6 Å². The van der Waals surface area contributed by atoms with Gasteiger partial charge >= 0.3 is 0 Å². The van der Waals surface area contributed by atoms with Gasteiger partial charge in [-0.1, -0.05) is 35.9 Å². The van der Waals surface area contributed by atoms with Crippen molar-refractivity contribution in [3.05, 3.63) is 59.2 Å². The zero-order valence-electron chi connectivity index (χ0n) is 12.8. The Hall–Kier alpha value is -2.29. The summed E-state index contributed by atoms with van der Waals surface area (Å²) in [6.45, 7) is 6.39. The predicted molar refractivity (Wildman–Crippen MR) is 85.8 cm³/mol. The Morgan fingerprint density at radius 2 is 1.62 bits per heavy atom. The smallest absolute Gasteiger partial charge is 0.227 e. The van der Waals surface area contributed by atoms with E-state index in [2.05, 4.69) is 5.32 Å². The first-order chi connectivity index (χ1) is 10.1. The quantitative estimate of drug-likeness (QED) is 0.900. The predicted octanol–water partition coefficient (Wildman–Crippen LogP) is 4.02. The van der Waals surface area contributed by atoms with Gasteiger partial charge in [0.15, 0.2) is 0 Å². The SMILES string of the molecule is Cc1ccc(OCCC(=O)Nc2c(C)cccc2C)cc1. The van der Waals surface area contributed by atoms with Crippen LogP contribution < -0.4 is 10.1 Å². The third-order valence-electron chi connectivity index (χ3n) is 3.36. The molecule has 0 aromatic heterocycles. The van der Waals surface area contributed by atoms with Gasteiger partial charge in [-0.2, -0.15) is 0 Å². The molecule has 3 heteroatoms. The fraction of sp³-hybridized carbons (Fsp3) is 0.278. The van der Waals surface area contributed by atoms with Gasteiger partial charge in [0.25, 0.3) is 0 Å². The second-order valence-corrected chi connectivity index (χ2v) is 5.23. The van der Waals surface area contributed by atoms with E-state index in [1.54, 1.807) is 0 Å². The summed E-state index contributed by atoms with van der Waals surface area (Å²) in [7, 11) is 0. The number of hydrogen-bond acceptors (Lipinski definition) is 2. The largest absolute Gasteiger partial charge is 0.493 e. The lowest BCUT2D eigenvalue weighted by atomic mass is 10.1. The monoisotopic (exact) mass is 283 g/mol. The molecule has 0 saturated carbocycles. The van der Waals surface area contributed by atoms with Crippen LogP contribution in [0.1, 0.15) is 23.1 Å². The molecule has 0 radical (unpaired) electrons. The van der Waals surface area contributed by atoms with Gasteiger partial charge in [-0.3, -0.25) is 4.79 Å². The summed E-state index contributed by atoms with van der Waals surface area (Å²) < 4.78 is 5.57. The average molecular weight is 283 g/mol. The first-order valence-electron chi connectivity index (χ1n) is 7.12. The summed E-state index contributed by atoms with van der Waals surface area (Å²) in [6, 6.07) is 13.8. The third kappa shape index (κ3) is 4.35. The minimum Gasteiger partial charge on any atom is -0.493 e. The highest BCUT2D eigenvalue weighted by molar-refractivity contribution is 5.92. The Bertz CT molecular complexity index is 597. The molecular formula is C18H21NO2. The van der Waals surface area contributed by atoms with Gasteiger partial charge in [0.05, 0.1) is 13.0 Å². The molecule has 0 fully saturated rings. The van der Waals surface area contributed by atoms with Crippen LogP contribution in [-0.4, -0.2) is 12.5 Å². The first kappa shape index (κ1) is 15.1. The lowest BCUT2D eigenvalue weighted by molar-refractivity contribution is -0.116. The van der Waals surface area contributed by atoms with E-state index >= 15 is 0 Å². The van der Waals surface area contributed by atoms with Crippen molar-refractivity contribution in [2.75, 3.05) is 11.9 Å². The Balaban J connectivity index is 1.84. The number of nitrogens with one attached hydrogen (secondary N) is 1. The number of benzene rings is 2. The molecule has 21 heavy (non-hydrogen) atoms. The third-order valence-corrected chi connectivity index (χ3v) is 3.36. The Labute approximate surface area is 126 Å². The van der Waals surface area contributed by atoms with Gasteiger partial charge in [-0.05, 0) is 44.0 Å². The summed E-state index contributed by atoms with van der Waals surface area (Å²) >= 11 is 0. The van der Waals surface area contributed by atoms with Crippen molar-refractivity contribution >= 4 is 11.6 Å². The van der Waals surface area contributed by atoms with Crippen molar-refractivity contribution in [3.8, 4) is 5.75 Å². The highest BCUT2D eigenvalue weighted by Crippen LogP contribution is 2.19. The number of ether oxygens (including phenoxy) is 1. The van der Waals surface area contributed by atoms with Gasteiger partial charge in [-0.25, -0.2) is 0 Å². The number of hydrogen-bond donors (Lipinski definition) is 1. The van der Waals surface area contributed by atoms with E-state index < -0.39 is 0 Å². The Kier molecular flexibility index (Phi) is 4.99. The standard InChI is InChI=1S/C18H21NO2/c1-13-7-9-16(10-8-13)21-12-11-17(20)19-18-14(2)5-4-6-15(18)3/h4-10H,11-12H2,1-3H3,(H,19,20). The zero-order valence-corrected chi connectivity index (χ0v) is 12.8. The molecule has 2 rings (SSSR count). The maximum absolute atomic E-state index is 12.0. The van der Waals surface area contributed by atoms with Crippen molar-refractivity contribution in [2.24, 2.45) is 0 Å². The first-order valence-corrected chi connectivity index (χ1v) is 7.12. The van der Waals surface area contributed by atoms with Gasteiger partial charge in [0.1, 0.15) is 5.75 Å². The lowest BCUT2D eigenvalue weighted by Crippen LogP contribution is -2.16. The molecule has 0 aliphatic carbocycles. The highest BCUT2D eigenvalue weighted by Gasteiger charge is 2.07. The van der Waals surface area contributed by atoms with Gasteiger partial charge in [-0.15, -0.1) is 0 Å². The molecule has 2 aromatic carbocycles. The van der Waals surface area contributed by atoms with Crippen molar-refractivity contribution in [2.45, 2.75) is 27.2 Å². The summed E-state index contributed by atoms with van der Waals surface area (Å²) in [6.07, 6.45) is 0.335. The van der Waals surface area contributed by atoms with E-state index in [1.807, 2.05) is 63.2 Å². The maximum Gasteiger partial charge on any atom is 0.227 e. The molecule has 0 unspecified atom stereocenters. The summed E-state index contributed by atoms with van der Waals surface area (Å²) in [4.78, 5) is 12.0. The second-order valence-electron chi connectivity index (χ2n) is 5.23. The molecule has 3 nitrogen and oxygen atoms in total. The Morgan fingerprint density at radius 1 is 1.00 bits per heavy atom. The molecule has 1 N–H and O–H groups in total. The number of amides is 1. The maximum atomic E-state index is 12.0. The molecule has 0 atom stereocenters. The number of para-hydroxylation sites is 1. The molecule has 0 spiro atoms. The fourth-order valence-electron chi connectivity index (χ4n) is 2.11. The molecular weight excluding hydrogens is 262 g/mol. The molecule has 110 valence electrons. The van der Waals surface area contributed by atoms with E-state index in [1.165, 1.54) is 5.56 Å². The molecule has 0 aliphatic heterocycles. The van der Waals surface area contributed by atoms with Crippen molar-refractivity contribution in [3.63, 3.8) is 0 Å². The van der Waals surface area contributed by atoms with Crippen LogP contribution in [0.3, 0.4) is 0 Å². The summed E-state index contributed by atoms with van der Waals surface area (Å²) in [5.74, 6) is 0.764. The van der Waals surface area contributed by atoms with Crippen molar-refractivity contribution in [1.29, 1.82) is 0 Å². The molecule has 0 heterocycles. The number of aryl methyl sites for hydroxylation is 3. The minimum absolute atomic E-state index is 0.0282. The lowest BCUT2D eigenvalue weighted by Gasteiger charge is -2.12. The minimum atomic E-state index is -0.0282. The van der Waals surface area contributed by atoms with E-state index in [-0.39, 0.29) is 5.91 Å². The fourth-order valence-corrected chi connectivity index (χ4v) is 2.11. The number of carbonyl (C=O) groups excluding carboxylic acids is 1. The second kappa shape index (κ2) is 6.93. The normalized spacial score (nSPS) is 10.2. The van der Waals surface area contributed by atoms with Crippen LogP contribution in [-0.2, 0) is 4.79 Å². The highest BCUT2D eigenvalue weighted by atomic mass is 16.5. The topological polar surface area (TPSA) is 38.3 Å². The van der Waals surface area contributed by atoms with Gasteiger partial charge in [0.2, 0.25) is 5.91 Å². The van der Waals surface area contributed by atoms with Crippen LogP contribution in [0.25, 0.3) is 0 Å². The van der Waals surface area contributed by atoms with E-state index in [0.29, 0.717) is 13.0 Å². The van der Waals surface area contributed by atoms with E-state index in [4.69, 9.17) is 4.74 Å². The average Bonchev–Trinajstić information content (AvgIpc) is 2.45. The van der Waals surface area contributed by atoms with Crippen LogP contribution in [0.5, 0.6) is 5.75 Å². The molecule has 2 aromatic rings. The van der Waals surface area contributed by atoms with Crippen LogP contribution in [0.15, 0.2) is 42.5 Å². The molecule has 0 saturated heterocycles. The van der Waals surface area contributed by atoms with E-state index in [9.17, 15) is 4.79 Å². The van der Waals surface area contributed by atoms with Crippen LogP contribution in [0, 0.1) is 20.8 Å². The number of carbonyl (C=O) groups is 1. The summed E-state index contributed by atoms with van der Waals surface area (Å²) in [5, 5.41) is 2.95. The Morgan fingerprint density at radius 3 is 2.24 bits per heavy atom. The zero-order chi connectivity index (χ0) is 15.2.